The van der Waals surface area contributed by atoms with Crippen molar-refractivity contribution in [3.63, 3.8) is 0 Å². The van der Waals surface area contributed by atoms with E-state index in [9.17, 15) is 20.1 Å². The van der Waals surface area contributed by atoms with Crippen LogP contribution in [0.5, 0.6) is 5.75 Å². The Labute approximate surface area is 172 Å². The number of carbonyl (C=O) groups excluding carboxylic acids is 1. The van der Waals surface area contributed by atoms with Gasteiger partial charge in [0.1, 0.15) is 24.1 Å². The summed E-state index contributed by atoms with van der Waals surface area (Å²) in [6, 6.07) is 7.42. The van der Waals surface area contributed by atoms with Crippen molar-refractivity contribution in [3.8, 4) is 5.75 Å². The Morgan fingerprint density at radius 2 is 1.55 bits per heavy atom. The average molecular weight is 411 g/mol. The lowest BCUT2D eigenvalue weighted by Gasteiger charge is -2.38. The Bertz CT molecular complexity index is 604. The van der Waals surface area contributed by atoms with Gasteiger partial charge in [0, 0.05) is 0 Å². The second-order valence-electron chi connectivity index (χ2n) is 7.55. The van der Waals surface area contributed by atoms with Crippen molar-refractivity contribution in [2.45, 2.75) is 89.0 Å². The van der Waals surface area contributed by atoms with Crippen LogP contribution in [0, 0.1) is 0 Å². The molecule has 0 amide bonds. The van der Waals surface area contributed by atoms with Gasteiger partial charge < -0.3 is 29.5 Å². The van der Waals surface area contributed by atoms with E-state index >= 15 is 0 Å². The number of hydrogen-bond donors (Lipinski definition) is 3. The van der Waals surface area contributed by atoms with E-state index in [4.69, 9.17) is 9.47 Å². The summed E-state index contributed by atoms with van der Waals surface area (Å²) in [6.07, 6.45) is 2.41. The first-order valence-electron chi connectivity index (χ1n) is 10.5. The Balaban J connectivity index is 1.82. The lowest BCUT2D eigenvalue weighted by Crippen LogP contribution is -2.61. The number of esters is 1. The molecule has 164 valence electrons. The minimum absolute atomic E-state index is 0.435. The SMILES string of the molecule is CCCCCCCCCc1ccc(O[C@@H]2O[C@H](C(=O)OC)[C@@H](O)[C@H](O)[C@H]2O)cc1. The number of aryl methyl sites for hydroxylation is 1. The maximum Gasteiger partial charge on any atom is 0.337 e. The molecule has 0 aliphatic carbocycles. The second kappa shape index (κ2) is 12.1. The van der Waals surface area contributed by atoms with Crippen molar-refractivity contribution < 1.29 is 34.3 Å². The van der Waals surface area contributed by atoms with Crippen LogP contribution in [0.4, 0.5) is 0 Å². The smallest absolute Gasteiger partial charge is 0.337 e. The number of carbonyl (C=O) groups is 1. The Morgan fingerprint density at radius 1 is 0.931 bits per heavy atom. The molecule has 0 aromatic heterocycles. The van der Waals surface area contributed by atoms with Gasteiger partial charge in [0.15, 0.2) is 6.10 Å². The lowest BCUT2D eigenvalue weighted by atomic mass is 9.99. The summed E-state index contributed by atoms with van der Waals surface area (Å²) in [5.41, 5.74) is 1.19. The molecule has 3 N–H and O–H groups in total. The van der Waals surface area contributed by atoms with Crippen LogP contribution in [0.25, 0.3) is 0 Å². The number of aliphatic hydroxyl groups excluding tert-OH is 3. The Hall–Kier alpha value is -1.67. The number of rotatable bonds is 11. The van der Waals surface area contributed by atoms with E-state index in [0.717, 1.165) is 20.0 Å². The summed E-state index contributed by atoms with van der Waals surface area (Å²) in [5.74, 6) is -0.410. The number of hydrogen-bond acceptors (Lipinski definition) is 7. The average Bonchev–Trinajstić information content (AvgIpc) is 2.74. The largest absolute Gasteiger partial charge is 0.467 e. The van der Waals surface area contributed by atoms with Gasteiger partial charge in [-0.15, -0.1) is 0 Å². The molecule has 1 saturated heterocycles. The van der Waals surface area contributed by atoms with E-state index in [0.29, 0.717) is 5.75 Å². The fourth-order valence-corrected chi connectivity index (χ4v) is 3.41. The first-order valence-corrected chi connectivity index (χ1v) is 10.5. The normalized spacial score (nSPS) is 26.9. The first-order chi connectivity index (χ1) is 14.0. The third-order valence-corrected chi connectivity index (χ3v) is 5.25. The van der Waals surface area contributed by atoms with Crippen LogP contribution in [0.1, 0.15) is 57.4 Å². The van der Waals surface area contributed by atoms with Gasteiger partial charge in [0.25, 0.3) is 0 Å². The molecular formula is C22H34O7. The molecule has 0 spiro atoms. The van der Waals surface area contributed by atoms with Crippen molar-refractivity contribution in [1.29, 1.82) is 0 Å². The molecule has 5 atom stereocenters. The maximum atomic E-state index is 11.7. The van der Waals surface area contributed by atoms with E-state index in [1.165, 1.54) is 44.1 Å². The van der Waals surface area contributed by atoms with Crippen molar-refractivity contribution >= 4 is 5.97 Å². The van der Waals surface area contributed by atoms with Crippen LogP contribution in [0.2, 0.25) is 0 Å². The van der Waals surface area contributed by atoms with E-state index in [2.05, 4.69) is 11.7 Å². The second-order valence-corrected chi connectivity index (χ2v) is 7.55. The topological polar surface area (TPSA) is 105 Å². The van der Waals surface area contributed by atoms with Crippen molar-refractivity contribution in [1.82, 2.24) is 0 Å². The molecule has 1 aromatic carbocycles. The van der Waals surface area contributed by atoms with Crippen LogP contribution in [0.3, 0.4) is 0 Å². The molecule has 1 aromatic rings. The van der Waals surface area contributed by atoms with E-state index < -0.39 is 36.7 Å². The van der Waals surface area contributed by atoms with Crippen LogP contribution in [-0.4, -0.2) is 59.1 Å². The quantitative estimate of drug-likeness (QED) is 0.380. The van der Waals surface area contributed by atoms with E-state index in [1.54, 1.807) is 12.1 Å². The molecule has 1 heterocycles. The van der Waals surface area contributed by atoms with Gasteiger partial charge in [0.2, 0.25) is 6.29 Å². The summed E-state index contributed by atoms with van der Waals surface area (Å²) in [6.45, 7) is 2.22. The number of aliphatic hydroxyl groups is 3. The molecule has 2 rings (SSSR count). The molecular weight excluding hydrogens is 376 g/mol. The van der Waals surface area contributed by atoms with Gasteiger partial charge in [-0.25, -0.2) is 4.79 Å². The van der Waals surface area contributed by atoms with Crippen LogP contribution >= 0.6 is 0 Å². The fourth-order valence-electron chi connectivity index (χ4n) is 3.41. The molecule has 7 heteroatoms. The fraction of sp³-hybridized carbons (Fsp3) is 0.682. The Kier molecular flexibility index (Phi) is 9.87. The lowest BCUT2D eigenvalue weighted by molar-refractivity contribution is -0.271. The number of benzene rings is 1. The minimum Gasteiger partial charge on any atom is -0.467 e. The number of methoxy groups -OCH3 is 1. The zero-order valence-electron chi connectivity index (χ0n) is 17.3. The standard InChI is InChI=1S/C22H34O7/c1-3-4-5-6-7-8-9-10-15-11-13-16(14-12-15)28-22-19(25)17(23)18(24)20(29-22)21(26)27-2/h11-14,17-20,22-25H,3-10H2,1-2H3/t17-,18-,19+,20-,22+/m0/s1. The van der Waals surface area contributed by atoms with Gasteiger partial charge in [-0.2, -0.15) is 0 Å². The van der Waals surface area contributed by atoms with E-state index in [1.807, 2.05) is 12.1 Å². The van der Waals surface area contributed by atoms with Crippen LogP contribution in [-0.2, 0) is 20.7 Å². The monoisotopic (exact) mass is 410 g/mol. The van der Waals surface area contributed by atoms with Gasteiger partial charge in [-0.3, -0.25) is 0 Å². The van der Waals surface area contributed by atoms with Gasteiger partial charge >= 0.3 is 5.97 Å². The third kappa shape index (κ3) is 6.96. The van der Waals surface area contributed by atoms with Gasteiger partial charge in [0.05, 0.1) is 7.11 Å². The zero-order valence-corrected chi connectivity index (χ0v) is 17.3. The molecule has 0 unspecified atom stereocenters. The van der Waals surface area contributed by atoms with Gasteiger partial charge in [-0.05, 0) is 30.5 Å². The third-order valence-electron chi connectivity index (χ3n) is 5.25. The maximum absolute atomic E-state index is 11.7. The van der Waals surface area contributed by atoms with E-state index in [-0.39, 0.29) is 0 Å². The molecule has 1 aliphatic heterocycles. The molecule has 29 heavy (non-hydrogen) atoms. The molecule has 1 aliphatic rings. The summed E-state index contributed by atoms with van der Waals surface area (Å²) < 4.78 is 15.5. The van der Waals surface area contributed by atoms with Crippen molar-refractivity contribution in [2.75, 3.05) is 7.11 Å². The number of ether oxygens (including phenoxy) is 3. The first kappa shape index (κ1) is 23.6. The van der Waals surface area contributed by atoms with Crippen LogP contribution in [0.15, 0.2) is 24.3 Å². The summed E-state index contributed by atoms with van der Waals surface area (Å²) in [7, 11) is 1.15. The minimum atomic E-state index is -1.60. The molecule has 7 nitrogen and oxygen atoms in total. The highest BCUT2D eigenvalue weighted by Crippen LogP contribution is 2.25. The number of unbranched alkanes of at least 4 members (excludes halogenated alkanes) is 6. The predicted octanol–water partition coefficient (Wildman–Crippen LogP) is 2.34. The highest BCUT2D eigenvalue weighted by atomic mass is 16.7. The highest BCUT2D eigenvalue weighted by molar-refractivity contribution is 5.75. The van der Waals surface area contributed by atoms with Crippen LogP contribution < -0.4 is 4.74 Å². The summed E-state index contributed by atoms with van der Waals surface area (Å²) in [4.78, 5) is 11.7. The zero-order chi connectivity index (χ0) is 21.2. The van der Waals surface area contributed by atoms with Gasteiger partial charge in [-0.1, -0.05) is 57.6 Å². The predicted molar refractivity (Wildman–Crippen MR) is 107 cm³/mol. The molecule has 0 saturated carbocycles. The Morgan fingerprint density at radius 3 is 2.17 bits per heavy atom. The molecule has 0 radical (unpaired) electrons. The van der Waals surface area contributed by atoms with Crippen molar-refractivity contribution in [3.05, 3.63) is 29.8 Å². The van der Waals surface area contributed by atoms with Crippen molar-refractivity contribution in [2.24, 2.45) is 0 Å². The molecule has 0 bridgehead atoms. The highest BCUT2D eigenvalue weighted by Gasteiger charge is 2.48. The summed E-state index contributed by atoms with van der Waals surface area (Å²) >= 11 is 0. The molecule has 1 fully saturated rings. The summed E-state index contributed by atoms with van der Waals surface area (Å²) in [5, 5.41) is 30.0.